The highest BCUT2D eigenvalue weighted by Crippen LogP contribution is 2.18. The van der Waals surface area contributed by atoms with Crippen LogP contribution >= 0.6 is 11.6 Å². The number of ether oxygens (including phenoxy) is 1. The lowest BCUT2D eigenvalue weighted by Crippen LogP contribution is -2.39. The third-order valence-corrected chi connectivity index (χ3v) is 4.06. The molecule has 0 unspecified atom stereocenters. The van der Waals surface area contributed by atoms with Gasteiger partial charge < -0.3 is 15.2 Å². The van der Waals surface area contributed by atoms with Gasteiger partial charge in [-0.2, -0.15) is 0 Å². The molecule has 1 fully saturated rings. The van der Waals surface area contributed by atoms with Crippen LogP contribution in [0.5, 0.6) is 0 Å². The second-order valence-electron chi connectivity index (χ2n) is 5.38. The fourth-order valence-electron chi connectivity index (χ4n) is 2.42. The van der Waals surface area contributed by atoms with Crippen molar-refractivity contribution >= 4 is 17.5 Å². The first-order valence-electron chi connectivity index (χ1n) is 7.25. The molecule has 0 saturated carbocycles. The van der Waals surface area contributed by atoms with Crippen molar-refractivity contribution in [2.24, 2.45) is 11.8 Å². The van der Waals surface area contributed by atoms with Crippen LogP contribution in [-0.2, 0) is 16.0 Å². The van der Waals surface area contributed by atoms with Crippen molar-refractivity contribution in [3.63, 3.8) is 0 Å². The van der Waals surface area contributed by atoms with E-state index in [0.29, 0.717) is 24.6 Å². The third-order valence-electron chi connectivity index (χ3n) is 3.72. The maximum Gasteiger partial charge on any atom is 0.225 e. The number of carbonyl (C=O) groups excluding carboxylic acids is 1. The lowest BCUT2D eigenvalue weighted by atomic mass is 9.99. The molecule has 0 aromatic carbocycles. The Morgan fingerprint density at radius 3 is 3.14 bits per heavy atom. The normalized spacial score (nSPS) is 20.0. The molecule has 1 aliphatic heterocycles. The largest absolute Gasteiger partial charge is 0.396 e. The molecular weight excluding hydrogens is 292 g/mol. The van der Waals surface area contributed by atoms with Crippen molar-refractivity contribution < 1.29 is 14.6 Å². The smallest absolute Gasteiger partial charge is 0.225 e. The summed E-state index contributed by atoms with van der Waals surface area (Å²) < 4.78 is 5.31. The summed E-state index contributed by atoms with van der Waals surface area (Å²) in [7, 11) is 0. The molecular formula is C15H21ClN2O3. The van der Waals surface area contributed by atoms with Gasteiger partial charge in [0.15, 0.2) is 0 Å². The van der Waals surface area contributed by atoms with Crippen LogP contribution in [0, 0.1) is 11.8 Å². The average molecular weight is 313 g/mol. The number of hydrogen-bond acceptors (Lipinski definition) is 4. The molecule has 1 aromatic heterocycles. The first-order valence-corrected chi connectivity index (χ1v) is 7.63. The molecule has 1 aromatic rings. The minimum absolute atomic E-state index is 0.0000976. The van der Waals surface area contributed by atoms with Crippen molar-refractivity contribution in [3.8, 4) is 0 Å². The highest BCUT2D eigenvalue weighted by Gasteiger charge is 2.22. The van der Waals surface area contributed by atoms with E-state index in [9.17, 15) is 9.90 Å². The zero-order chi connectivity index (χ0) is 15.1. The maximum absolute atomic E-state index is 12.0. The van der Waals surface area contributed by atoms with E-state index in [2.05, 4.69) is 10.3 Å². The number of halogens is 1. The van der Waals surface area contributed by atoms with Gasteiger partial charge in [-0.3, -0.25) is 9.78 Å². The molecule has 0 radical (unpaired) electrons. The summed E-state index contributed by atoms with van der Waals surface area (Å²) in [6.07, 6.45) is 5.66. The number of nitrogens with one attached hydrogen (secondary N) is 1. The Balaban J connectivity index is 1.82. The predicted molar refractivity (Wildman–Crippen MR) is 80.1 cm³/mol. The summed E-state index contributed by atoms with van der Waals surface area (Å²) in [5.74, 6) is -0.116. The number of amides is 1. The Morgan fingerprint density at radius 1 is 1.62 bits per heavy atom. The molecule has 0 spiro atoms. The predicted octanol–water partition coefficient (Wildman–Crippen LogP) is 1.43. The highest BCUT2D eigenvalue weighted by atomic mass is 35.5. The van der Waals surface area contributed by atoms with E-state index < -0.39 is 0 Å². The number of pyridine rings is 1. The van der Waals surface area contributed by atoms with Gasteiger partial charge in [-0.15, -0.1) is 0 Å². The summed E-state index contributed by atoms with van der Waals surface area (Å²) in [5, 5.41) is 13.0. The van der Waals surface area contributed by atoms with Crippen LogP contribution in [0.25, 0.3) is 0 Å². The van der Waals surface area contributed by atoms with Gasteiger partial charge in [-0.05, 0) is 30.9 Å². The third kappa shape index (κ3) is 4.95. The van der Waals surface area contributed by atoms with E-state index in [1.807, 2.05) is 6.07 Å². The van der Waals surface area contributed by atoms with Crippen molar-refractivity contribution in [2.75, 3.05) is 26.4 Å². The molecule has 2 atom stereocenters. The topological polar surface area (TPSA) is 71.5 Å². The number of aliphatic hydroxyl groups excluding tert-OH is 1. The molecule has 0 bridgehead atoms. The molecule has 2 heterocycles. The summed E-state index contributed by atoms with van der Waals surface area (Å²) in [6.45, 7) is 1.67. The molecule has 0 aliphatic carbocycles. The van der Waals surface area contributed by atoms with Crippen LogP contribution in [0.15, 0.2) is 18.5 Å². The highest BCUT2D eigenvalue weighted by molar-refractivity contribution is 6.31. The van der Waals surface area contributed by atoms with Gasteiger partial charge in [-0.25, -0.2) is 0 Å². The van der Waals surface area contributed by atoms with Gasteiger partial charge in [0.25, 0.3) is 0 Å². The standard InChI is InChI=1S/C15H21ClN2O3/c16-14-8-17-4-3-12(14)6-11(9-19)7-18-15(20)13-2-1-5-21-10-13/h3-4,8,11,13,19H,1-2,5-7,9-10H2,(H,18,20)/t11-,13-/m0/s1. The Hall–Kier alpha value is -1.17. The quantitative estimate of drug-likeness (QED) is 0.833. The monoisotopic (exact) mass is 312 g/mol. The van der Waals surface area contributed by atoms with Gasteiger partial charge >= 0.3 is 0 Å². The Bertz CT molecular complexity index is 464. The summed E-state index contributed by atoms with van der Waals surface area (Å²) in [6, 6.07) is 1.84. The van der Waals surface area contributed by atoms with E-state index in [4.69, 9.17) is 16.3 Å². The number of hydrogen-bond donors (Lipinski definition) is 2. The Morgan fingerprint density at radius 2 is 2.48 bits per heavy atom. The molecule has 116 valence electrons. The maximum atomic E-state index is 12.0. The molecule has 2 rings (SSSR count). The second-order valence-corrected chi connectivity index (χ2v) is 5.79. The summed E-state index contributed by atoms with van der Waals surface area (Å²) >= 11 is 6.06. The number of carbonyl (C=O) groups is 1. The van der Waals surface area contributed by atoms with Crippen LogP contribution < -0.4 is 5.32 Å². The number of rotatable bonds is 6. The fraction of sp³-hybridized carbons (Fsp3) is 0.600. The van der Waals surface area contributed by atoms with Crippen LogP contribution in [0.1, 0.15) is 18.4 Å². The zero-order valence-electron chi connectivity index (χ0n) is 11.9. The lowest BCUT2D eigenvalue weighted by molar-refractivity contribution is -0.129. The van der Waals surface area contributed by atoms with E-state index in [1.165, 1.54) is 0 Å². The molecule has 1 aliphatic rings. The summed E-state index contributed by atoms with van der Waals surface area (Å²) in [5.41, 5.74) is 0.931. The first-order chi connectivity index (χ1) is 10.2. The van der Waals surface area contributed by atoms with Gasteiger partial charge in [0, 0.05) is 38.1 Å². The van der Waals surface area contributed by atoms with Gasteiger partial charge in [0.2, 0.25) is 5.91 Å². The summed E-state index contributed by atoms with van der Waals surface area (Å²) in [4.78, 5) is 16.0. The van der Waals surface area contributed by atoms with E-state index in [-0.39, 0.29) is 24.3 Å². The fourth-order valence-corrected chi connectivity index (χ4v) is 2.62. The van der Waals surface area contributed by atoms with Crippen molar-refractivity contribution in [3.05, 3.63) is 29.0 Å². The molecule has 1 amide bonds. The van der Waals surface area contributed by atoms with Crippen molar-refractivity contribution in [1.82, 2.24) is 10.3 Å². The van der Waals surface area contributed by atoms with Crippen LogP contribution in [-0.4, -0.2) is 42.4 Å². The second kappa shape index (κ2) is 8.32. The average Bonchev–Trinajstić information content (AvgIpc) is 2.53. The molecule has 1 saturated heterocycles. The minimum atomic E-state index is -0.0670. The van der Waals surface area contributed by atoms with Gasteiger partial charge in [0.05, 0.1) is 17.5 Å². The van der Waals surface area contributed by atoms with Crippen LogP contribution in [0.3, 0.4) is 0 Å². The van der Waals surface area contributed by atoms with E-state index >= 15 is 0 Å². The first kappa shape index (κ1) is 16.2. The molecule has 6 heteroatoms. The van der Waals surface area contributed by atoms with Gasteiger partial charge in [-0.1, -0.05) is 11.6 Å². The SMILES string of the molecule is O=C(NC[C@@H](CO)Cc1ccncc1Cl)[C@H]1CCCOC1. The number of nitrogens with zero attached hydrogens (tertiary/aromatic N) is 1. The van der Waals surface area contributed by atoms with Crippen molar-refractivity contribution in [1.29, 1.82) is 0 Å². The van der Waals surface area contributed by atoms with Crippen LogP contribution in [0.4, 0.5) is 0 Å². The molecule has 5 nitrogen and oxygen atoms in total. The number of aromatic nitrogens is 1. The van der Waals surface area contributed by atoms with E-state index in [0.717, 1.165) is 25.0 Å². The molecule has 2 N–H and O–H groups in total. The van der Waals surface area contributed by atoms with E-state index in [1.54, 1.807) is 12.4 Å². The zero-order valence-corrected chi connectivity index (χ0v) is 12.7. The van der Waals surface area contributed by atoms with Gasteiger partial charge in [0.1, 0.15) is 0 Å². The van der Waals surface area contributed by atoms with Crippen LogP contribution in [0.2, 0.25) is 5.02 Å². The molecule has 21 heavy (non-hydrogen) atoms. The number of aliphatic hydroxyl groups is 1. The minimum Gasteiger partial charge on any atom is -0.396 e. The lowest BCUT2D eigenvalue weighted by Gasteiger charge is -2.23. The van der Waals surface area contributed by atoms with Crippen molar-refractivity contribution in [2.45, 2.75) is 19.3 Å². The Labute approximate surface area is 129 Å². The Kier molecular flexibility index (Phi) is 6.42.